The highest BCUT2D eigenvalue weighted by Crippen LogP contribution is 2.32. The summed E-state index contributed by atoms with van der Waals surface area (Å²) in [5.74, 6) is -0.360. The topological polar surface area (TPSA) is 137 Å². The number of anilines is 1. The molecule has 1 aliphatic heterocycles. The number of methoxy groups -OCH3 is 1. The van der Waals surface area contributed by atoms with Gasteiger partial charge in [-0.15, -0.1) is 0 Å². The van der Waals surface area contributed by atoms with Gasteiger partial charge < -0.3 is 29.6 Å². The van der Waals surface area contributed by atoms with Gasteiger partial charge >= 0.3 is 11.8 Å². The molecule has 0 saturated heterocycles. The van der Waals surface area contributed by atoms with Gasteiger partial charge in [-0.05, 0) is 48.4 Å². The zero-order valence-electron chi connectivity index (χ0n) is 20.8. The van der Waals surface area contributed by atoms with Crippen molar-refractivity contribution in [1.29, 1.82) is 0 Å². The van der Waals surface area contributed by atoms with Crippen molar-refractivity contribution in [2.75, 3.05) is 25.8 Å². The molecule has 0 fully saturated rings. The number of carbonyl (C=O) groups is 3. The number of hydrazone groups is 1. The zero-order valence-corrected chi connectivity index (χ0v) is 20.8. The van der Waals surface area contributed by atoms with Gasteiger partial charge in [-0.2, -0.15) is 5.10 Å². The quantitative estimate of drug-likeness (QED) is 0.225. The Hall–Kier alpha value is -5.06. The fourth-order valence-corrected chi connectivity index (χ4v) is 3.51. The second kappa shape index (κ2) is 12.3. The lowest BCUT2D eigenvalue weighted by Crippen LogP contribution is -2.37. The third kappa shape index (κ3) is 6.58. The molecule has 4 rings (SSSR count). The molecule has 11 nitrogen and oxygen atoms in total. The van der Waals surface area contributed by atoms with Gasteiger partial charge in [0, 0.05) is 17.8 Å². The highest BCUT2D eigenvalue weighted by atomic mass is 16.7. The van der Waals surface area contributed by atoms with Crippen molar-refractivity contribution in [2.24, 2.45) is 5.10 Å². The molecule has 0 bridgehead atoms. The maximum absolute atomic E-state index is 12.4. The van der Waals surface area contributed by atoms with Crippen LogP contribution < -0.4 is 35.0 Å². The average molecular weight is 519 g/mol. The van der Waals surface area contributed by atoms with Crippen LogP contribution in [0, 0.1) is 6.92 Å². The molecule has 11 heteroatoms. The summed E-state index contributed by atoms with van der Waals surface area (Å²) in [5, 5.41) is 9.15. The monoisotopic (exact) mass is 518 g/mol. The Kier molecular flexibility index (Phi) is 8.39. The highest BCUT2D eigenvalue weighted by molar-refractivity contribution is 6.35. The molecular formula is C27H26N4O7. The molecule has 0 atom stereocenters. The van der Waals surface area contributed by atoms with Crippen molar-refractivity contribution < 1.29 is 33.3 Å². The molecule has 0 aromatic heterocycles. The lowest BCUT2D eigenvalue weighted by Gasteiger charge is -2.13. The van der Waals surface area contributed by atoms with E-state index in [9.17, 15) is 14.4 Å². The van der Waals surface area contributed by atoms with Crippen LogP contribution in [0.5, 0.6) is 23.0 Å². The number of fused-ring (bicyclic) bond motifs is 1. The van der Waals surface area contributed by atoms with Crippen LogP contribution in [0.4, 0.5) is 5.69 Å². The van der Waals surface area contributed by atoms with Crippen molar-refractivity contribution in [2.45, 2.75) is 13.5 Å². The summed E-state index contributed by atoms with van der Waals surface area (Å²) >= 11 is 0. The third-order valence-corrected chi connectivity index (χ3v) is 5.46. The van der Waals surface area contributed by atoms with E-state index in [1.165, 1.54) is 13.3 Å². The van der Waals surface area contributed by atoms with E-state index in [-0.39, 0.29) is 31.6 Å². The van der Waals surface area contributed by atoms with Crippen LogP contribution in [-0.2, 0) is 20.9 Å². The minimum atomic E-state index is -0.954. The van der Waals surface area contributed by atoms with Crippen molar-refractivity contribution in [1.82, 2.24) is 10.7 Å². The van der Waals surface area contributed by atoms with Crippen LogP contribution in [-0.4, -0.2) is 44.4 Å². The normalized spacial score (nSPS) is 11.6. The molecule has 3 aromatic rings. The highest BCUT2D eigenvalue weighted by Gasteiger charge is 2.16. The molecule has 0 aliphatic carbocycles. The second-order valence-corrected chi connectivity index (χ2v) is 8.10. The summed E-state index contributed by atoms with van der Waals surface area (Å²) in [6, 6.07) is 17.6. The SMILES string of the molecule is COc1cccc(/C=N\NC(=O)C(=O)NCc2ccc3c(c2)OCO3)c1OCC(=O)Nc1ccccc1C. The van der Waals surface area contributed by atoms with E-state index >= 15 is 0 Å². The molecular weight excluding hydrogens is 492 g/mol. The van der Waals surface area contributed by atoms with Crippen LogP contribution in [0.15, 0.2) is 65.8 Å². The molecule has 0 radical (unpaired) electrons. The molecule has 0 unspecified atom stereocenters. The van der Waals surface area contributed by atoms with Crippen LogP contribution >= 0.6 is 0 Å². The minimum absolute atomic E-state index is 0.116. The van der Waals surface area contributed by atoms with Gasteiger partial charge in [-0.25, -0.2) is 5.43 Å². The standard InChI is InChI=1S/C27H26N4O7/c1-17-6-3-4-8-20(17)30-24(32)15-36-25-19(7-5-9-22(25)35-2)14-29-31-27(34)26(33)28-13-18-10-11-21-23(12-18)38-16-37-21/h3-12,14H,13,15-16H2,1-2H3,(H,28,33)(H,30,32)(H,31,34)/b29-14-. The summed E-state index contributed by atoms with van der Waals surface area (Å²) < 4.78 is 21.6. The summed E-state index contributed by atoms with van der Waals surface area (Å²) in [5.41, 5.74) is 4.94. The number of ether oxygens (including phenoxy) is 4. The Labute approximate surface area is 218 Å². The van der Waals surface area contributed by atoms with Gasteiger partial charge in [0.1, 0.15) is 0 Å². The van der Waals surface area contributed by atoms with E-state index in [1.807, 2.05) is 25.1 Å². The lowest BCUT2D eigenvalue weighted by atomic mass is 10.2. The lowest BCUT2D eigenvalue weighted by molar-refractivity contribution is -0.139. The first-order valence-electron chi connectivity index (χ1n) is 11.6. The van der Waals surface area contributed by atoms with E-state index in [1.54, 1.807) is 42.5 Å². The molecule has 3 aromatic carbocycles. The van der Waals surface area contributed by atoms with E-state index in [0.717, 1.165) is 11.1 Å². The molecule has 3 N–H and O–H groups in total. The van der Waals surface area contributed by atoms with Crippen LogP contribution in [0.2, 0.25) is 0 Å². The predicted molar refractivity (Wildman–Crippen MR) is 138 cm³/mol. The van der Waals surface area contributed by atoms with Crippen LogP contribution in [0.25, 0.3) is 0 Å². The van der Waals surface area contributed by atoms with E-state index < -0.39 is 11.8 Å². The van der Waals surface area contributed by atoms with E-state index in [2.05, 4.69) is 21.2 Å². The first kappa shape index (κ1) is 26.0. The molecule has 3 amide bonds. The molecule has 38 heavy (non-hydrogen) atoms. The number of hydrogen-bond donors (Lipinski definition) is 3. The van der Waals surface area contributed by atoms with Gasteiger partial charge in [0.2, 0.25) is 6.79 Å². The number of benzene rings is 3. The number of nitrogens with one attached hydrogen (secondary N) is 3. The summed E-state index contributed by atoms with van der Waals surface area (Å²) in [6.07, 6.45) is 1.29. The molecule has 196 valence electrons. The van der Waals surface area contributed by atoms with Crippen LogP contribution in [0.1, 0.15) is 16.7 Å². The van der Waals surface area contributed by atoms with Crippen molar-refractivity contribution in [3.63, 3.8) is 0 Å². The number of carbonyl (C=O) groups excluding carboxylic acids is 3. The Bertz CT molecular complexity index is 1370. The maximum Gasteiger partial charge on any atom is 0.329 e. The smallest absolute Gasteiger partial charge is 0.329 e. The number of amides is 3. The number of rotatable bonds is 9. The summed E-state index contributed by atoms with van der Waals surface area (Å²) in [6.45, 7) is 1.86. The van der Waals surface area contributed by atoms with E-state index in [0.29, 0.717) is 28.5 Å². The fraction of sp³-hybridized carbons (Fsp3) is 0.185. The van der Waals surface area contributed by atoms with Gasteiger partial charge in [-0.1, -0.05) is 30.3 Å². The predicted octanol–water partition coefficient (Wildman–Crippen LogP) is 2.52. The molecule has 0 saturated carbocycles. The molecule has 0 spiro atoms. The fourth-order valence-electron chi connectivity index (χ4n) is 3.51. The van der Waals surface area contributed by atoms with Gasteiger partial charge in [0.25, 0.3) is 5.91 Å². The third-order valence-electron chi connectivity index (χ3n) is 5.46. The number of nitrogens with zero attached hydrogens (tertiary/aromatic N) is 1. The van der Waals surface area contributed by atoms with E-state index in [4.69, 9.17) is 18.9 Å². The zero-order chi connectivity index (χ0) is 26.9. The molecule has 1 aliphatic rings. The van der Waals surface area contributed by atoms with Gasteiger partial charge in [0.15, 0.2) is 29.6 Å². The number of hydrogen-bond acceptors (Lipinski definition) is 8. The average Bonchev–Trinajstić information content (AvgIpc) is 3.40. The minimum Gasteiger partial charge on any atom is -0.493 e. The van der Waals surface area contributed by atoms with Crippen LogP contribution in [0.3, 0.4) is 0 Å². The maximum atomic E-state index is 12.4. The first-order chi connectivity index (χ1) is 18.4. The Balaban J connectivity index is 1.32. The largest absolute Gasteiger partial charge is 0.493 e. The Morgan fingerprint density at radius 2 is 1.82 bits per heavy atom. The Morgan fingerprint density at radius 1 is 1.00 bits per heavy atom. The van der Waals surface area contributed by atoms with Crippen molar-refractivity contribution in [3.05, 3.63) is 77.4 Å². The number of aryl methyl sites for hydroxylation is 1. The summed E-state index contributed by atoms with van der Waals surface area (Å²) in [7, 11) is 1.46. The first-order valence-corrected chi connectivity index (χ1v) is 11.6. The second-order valence-electron chi connectivity index (χ2n) is 8.10. The Morgan fingerprint density at radius 3 is 2.63 bits per heavy atom. The molecule has 1 heterocycles. The number of para-hydroxylation sites is 2. The summed E-state index contributed by atoms with van der Waals surface area (Å²) in [4.78, 5) is 36.8. The van der Waals surface area contributed by atoms with Crippen molar-refractivity contribution >= 4 is 29.6 Å². The van der Waals surface area contributed by atoms with Gasteiger partial charge in [0.05, 0.1) is 13.3 Å². The van der Waals surface area contributed by atoms with Gasteiger partial charge in [-0.3, -0.25) is 14.4 Å². The van der Waals surface area contributed by atoms with Crippen molar-refractivity contribution in [3.8, 4) is 23.0 Å².